The van der Waals surface area contributed by atoms with Crippen molar-refractivity contribution < 1.29 is 4.74 Å². The molecule has 73 valence electrons. The lowest BCUT2D eigenvalue weighted by molar-refractivity contribution is 0.133. The van der Waals surface area contributed by atoms with Gasteiger partial charge in [-0.2, -0.15) is 0 Å². The third kappa shape index (κ3) is 8.63. The summed E-state index contributed by atoms with van der Waals surface area (Å²) in [4.78, 5) is 0. The molecule has 0 fully saturated rings. The largest absolute Gasteiger partial charge is 0.380 e. The highest BCUT2D eigenvalue weighted by Crippen LogP contribution is 2.02. The Hall–Kier alpha value is 0.540. The van der Waals surface area contributed by atoms with E-state index in [2.05, 4.69) is 6.92 Å². The Morgan fingerprint density at radius 1 is 1.25 bits per heavy atom. The van der Waals surface area contributed by atoms with Crippen LogP contribution in [0.3, 0.4) is 0 Å². The molecule has 3 heteroatoms. The fourth-order valence-corrected chi connectivity index (χ4v) is 0.992. The van der Waals surface area contributed by atoms with E-state index in [0.29, 0.717) is 12.5 Å². The van der Waals surface area contributed by atoms with Gasteiger partial charge in [-0.25, -0.2) is 0 Å². The molecule has 1 unspecified atom stereocenters. The van der Waals surface area contributed by atoms with E-state index >= 15 is 0 Å². The van der Waals surface area contributed by atoms with Crippen LogP contribution in [0.1, 0.15) is 25.7 Å². The Labute approximate surface area is 85.4 Å². The summed E-state index contributed by atoms with van der Waals surface area (Å²) in [5, 5.41) is -0.0421. The van der Waals surface area contributed by atoms with Crippen LogP contribution in [-0.4, -0.2) is 24.5 Å². The Balaban J connectivity index is 2.90. The summed E-state index contributed by atoms with van der Waals surface area (Å²) in [7, 11) is 0. The minimum Gasteiger partial charge on any atom is -0.380 e. The second-order valence-corrected chi connectivity index (χ2v) is 3.67. The van der Waals surface area contributed by atoms with Crippen molar-refractivity contribution in [1.29, 1.82) is 0 Å². The fraction of sp³-hybridized carbons (Fsp3) is 0.889. The number of alkyl halides is 2. The summed E-state index contributed by atoms with van der Waals surface area (Å²) >= 11 is 11.2. The van der Waals surface area contributed by atoms with Crippen LogP contribution in [0.15, 0.2) is 0 Å². The minimum atomic E-state index is -0.0421. The van der Waals surface area contributed by atoms with Gasteiger partial charge >= 0.3 is 0 Å². The summed E-state index contributed by atoms with van der Waals surface area (Å²) in [5.41, 5.74) is 0. The van der Waals surface area contributed by atoms with Gasteiger partial charge in [-0.3, -0.25) is 0 Å². The Morgan fingerprint density at radius 3 is 2.58 bits per heavy atom. The predicted molar refractivity (Wildman–Crippen MR) is 55.0 cm³/mol. The van der Waals surface area contributed by atoms with Gasteiger partial charge in [-0.15, -0.1) is 23.2 Å². The van der Waals surface area contributed by atoms with E-state index in [1.807, 2.05) is 0 Å². The lowest BCUT2D eigenvalue weighted by Crippen LogP contribution is -2.11. The maximum absolute atomic E-state index is 5.74. The molecule has 0 rings (SSSR count). The third-order valence-electron chi connectivity index (χ3n) is 1.50. The van der Waals surface area contributed by atoms with Gasteiger partial charge in [-0.1, -0.05) is 26.2 Å². The normalized spacial score (nSPS) is 13.2. The number of rotatable bonds is 8. The molecule has 0 saturated carbocycles. The quantitative estimate of drug-likeness (QED) is 0.443. The molecule has 0 N–H and O–H groups in total. The molecule has 12 heavy (non-hydrogen) atoms. The molecule has 0 heterocycles. The van der Waals surface area contributed by atoms with Gasteiger partial charge in [0.15, 0.2) is 0 Å². The van der Waals surface area contributed by atoms with Crippen molar-refractivity contribution in [2.45, 2.75) is 31.1 Å². The lowest BCUT2D eigenvalue weighted by atomic mass is 10.2. The van der Waals surface area contributed by atoms with Gasteiger partial charge in [0.25, 0.3) is 0 Å². The second-order valence-electron chi connectivity index (χ2n) is 2.74. The van der Waals surface area contributed by atoms with Crippen LogP contribution in [-0.2, 0) is 4.74 Å². The van der Waals surface area contributed by atoms with Crippen LogP contribution in [0, 0.1) is 6.92 Å². The van der Waals surface area contributed by atoms with E-state index in [1.54, 1.807) is 0 Å². The molecular formula is C9H17Cl2O. The fourth-order valence-electron chi connectivity index (χ4n) is 0.813. The minimum absolute atomic E-state index is 0.0421. The summed E-state index contributed by atoms with van der Waals surface area (Å²) in [6, 6.07) is 0. The van der Waals surface area contributed by atoms with Gasteiger partial charge in [0.05, 0.1) is 12.0 Å². The molecule has 0 amide bonds. The first-order chi connectivity index (χ1) is 5.81. The van der Waals surface area contributed by atoms with Crippen molar-refractivity contribution in [1.82, 2.24) is 0 Å². The zero-order valence-electron chi connectivity index (χ0n) is 7.40. The zero-order chi connectivity index (χ0) is 9.23. The summed E-state index contributed by atoms with van der Waals surface area (Å²) in [6.45, 7) is 5.12. The SMILES string of the molecule is [CH2]CCCCCOCC(Cl)CCl. The smallest absolute Gasteiger partial charge is 0.0704 e. The first-order valence-corrected chi connectivity index (χ1v) is 5.35. The van der Waals surface area contributed by atoms with Crippen molar-refractivity contribution in [3.05, 3.63) is 6.92 Å². The highest BCUT2D eigenvalue weighted by molar-refractivity contribution is 6.28. The maximum Gasteiger partial charge on any atom is 0.0704 e. The Kier molecular flexibility index (Phi) is 10.1. The second kappa shape index (κ2) is 9.63. The Bertz CT molecular complexity index is 88.6. The van der Waals surface area contributed by atoms with E-state index in [4.69, 9.17) is 27.9 Å². The first kappa shape index (κ1) is 12.5. The molecule has 0 aliphatic carbocycles. The van der Waals surface area contributed by atoms with Gasteiger partial charge in [-0.05, 0) is 6.42 Å². The van der Waals surface area contributed by atoms with E-state index in [1.165, 1.54) is 12.8 Å². The first-order valence-electron chi connectivity index (χ1n) is 4.38. The van der Waals surface area contributed by atoms with Gasteiger partial charge in [0.2, 0.25) is 0 Å². The predicted octanol–water partition coefficient (Wildman–Crippen LogP) is 3.24. The molecule has 1 nitrogen and oxygen atoms in total. The molecule has 1 atom stereocenters. The molecule has 0 aliphatic heterocycles. The highest BCUT2D eigenvalue weighted by Gasteiger charge is 2.00. The van der Waals surface area contributed by atoms with E-state index in [0.717, 1.165) is 19.4 Å². The van der Waals surface area contributed by atoms with Crippen LogP contribution in [0.2, 0.25) is 0 Å². The molecule has 0 aromatic rings. The number of hydrogen-bond donors (Lipinski definition) is 0. The van der Waals surface area contributed by atoms with Crippen LogP contribution in [0.5, 0.6) is 0 Å². The number of halogens is 2. The molecular weight excluding hydrogens is 195 g/mol. The highest BCUT2D eigenvalue weighted by atomic mass is 35.5. The monoisotopic (exact) mass is 211 g/mol. The van der Waals surface area contributed by atoms with Crippen molar-refractivity contribution >= 4 is 23.2 Å². The van der Waals surface area contributed by atoms with Gasteiger partial charge in [0, 0.05) is 12.5 Å². The molecule has 0 aromatic carbocycles. The average Bonchev–Trinajstić information content (AvgIpc) is 2.10. The molecule has 0 aromatic heterocycles. The van der Waals surface area contributed by atoms with Crippen LogP contribution in [0.4, 0.5) is 0 Å². The standard InChI is InChI=1S/C9H17Cl2O/c1-2-3-4-5-6-12-8-9(11)7-10/h9H,1-8H2. The molecule has 0 bridgehead atoms. The van der Waals surface area contributed by atoms with Crippen molar-refractivity contribution in [2.24, 2.45) is 0 Å². The van der Waals surface area contributed by atoms with E-state index < -0.39 is 0 Å². The van der Waals surface area contributed by atoms with Gasteiger partial charge in [0.1, 0.15) is 0 Å². The molecule has 0 spiro atoms. The number of unbranched alkanes of at least 4 members (excludes halogenated alkanes) is 3. The number of ether oxygens (including phenoxy) is 1. The van der Waals surface area contributed by atoms with E-state index in [9.17, 15) is 0 Å². The third-order valence-corrected chi connectivity index (χ3v) is 2.32. The van der Waals surface area contributed by atoms with Crippen LogP contribution >= 0.6 is 23.2 Å². The lowest BCUT2D eigenvalue weighted by Gasteiger charge is -2.06. The summed E-state index contributed by atoms with van der Waals surface area (Å²) in [6.07, 6.45) is 4.49. The summed E-state index contributed by atoms with van der Waals surface area (Å²) in [5.74, 6) is 0.459. The topological polar surface area (TPSA) is 9.23 Å². The van der Waals surface area contributed by atoms with Crippen LogP contribution < -0.4 is 0 Å². The maximum atomic E-state index is 5.74. The van der Waals surface area contributed by atoms with Gasteiger partial charge < -0.3 is 4.74 Å². The average molecular weight is 212 g/mol. The Morgan fingerprint density at radius 2 is 2.00 bits per heavy atom. The molecule has 0 saturated heterocycles. The van der Waals surface area contributed by atoms with Crippen molar-refractivity contribution in [3.63, 3.8) is 0 Å². The molecule has 0 aliphatic rings. The van der Waals surface area contributed by atoms with Crippen molar-refractivity contribution in [2.75, 3.05) is 19.1 Å². The van der Waals surface area contributed by atoms with E-state index in [-0.39, 0.29) is 5.38 Å². The summed E-state index contributed by atoms with van der Waals surface area (Å²) < 4.78 is 5.30. The van der Waals surface area contributed by atoms with Crippen molar-refractivity contribution in [3.8, 4) is 0 Å². The zero-order valence-corrected chi connectivity index (χ0v) is 8.91. The number of hydrogen-bond acceptors (Lipinski definition) is 1. The van der Waals surface area contributed by atoms with Crippen LogP contribution in [0.25, 0.3) is 0 Å². The molecule has 1 radical (unpaired) electrons.